The third-order valence-electron chi connectivity index (χ3n) is 1.81. The summed E-state index contributed by atoms with van der Waals surface area (Å²) in [5, 5.41) is 15.2. The minimum absolute atomic E-state index is 0.151. The lowest BCUT2D eigenvalue weighted by Gasteiger charge is -1.96. The predicted molar refractivity (Wildman–Crippen MR) is 48.8 cm³/mol. The molecule has 2 heterocycles. The van der Waals surface area contributed by atoms with Crippen molar-refractivity contribution < 1.29 is 9.90 Å². The molecule has 5 nitrogen and oxygen atoms in total. The van der Waals surface area contributed by atoms with Gasteiger partial charge in [0.05, 0.1) is 0 Å². The van der Waals surface area contributed by atoms with Crippen LogP contribution in [-0.2, 0) is 0 Å². The molecule has 0 saturated carbocycles. The number of H-pyrrole nitrogens is 1. The molecule has 0 unspecified atom stereocenters. The normalized spacial score (nSPS) is 10.0. The van der Waals surface area contributed by atoms with E-state index in [9.17, 15) is 4.79 Å². The van der Waals surface area contributed by atoms with Gasteiger partial charge in [0, 0.05) is 24.2 Å². The van der Waals surface area contributed by atoms with E-state index in [2.05, 4.69) is 15.2 Å². The first-order valence-corrected chi connectivity index (χ1v) is 3.96. The average molecular weight is 189 g/mol. The second-order valence-corrected chi connectivity index (χ2v) is 2.69. The lowest BCUT2D eigenvalue weighted by atomic mass is 10.1. The predicted octanol–water partition coefficient (Wildman–Crippen LogP) is 1.17. The highest BCUT2D eigenvalue weighted by atomic mass is 16.4. The molecule has 0 bridgehead atoms. The average Bonchev–Trinajstić information content (AvgIpc) is 2.67. The maximum Gasteiger partial charge on any atom is 0.339 e. The number of hydrogen-bond acceptors (Lipinski definition) is 3. The minimum Gasteiger partial charge on any atom is -0.478 e. The summed E-state index contributed by atoms with van der Waals surface area (Å²) in [6.45, 7) is 0. The van der Waals surface area contributed by atoms with E-state index in [0.29, 0.717) is 11.3 Å². The molecule has 2 aromatic heterocycles. The lowest BCUT2D eigenvalue weighted by molar-refractivity contribution is 0.0698. The number of hydrogen-bond donors (Lipinski definition) is 2. The molecule has 0 fully saturated rings. The highest BCUT2D eigenvalue weighted by molar-refractivity contribution is 5.94. The van der Waals surface area contributed by atoms with Crippen molar-refractivity contribution >= 4 is 5.97 Å². The molecule has 0 amide bonds. The molecule has 0 aromatic carbocycles. The zero-order valence-corrected chi connectivity index (χ0v) is 7.14. The first kappa shape index (κ1) is 8.43. The summed E-state index contributed by atoms with van der Waals surface area (Å²) in [5.41, 5.74) is 1.25. The molecule has 2 N–H and O–H groups in total. The molecule has 0 atom stereocenters. The van der Waals surface area contributed by atoms with E-state index in [1.165, 1.54) is 6.20 Å². The smallest absolute Gasteiger partial charge is 0.339 e. The first-order valence-electron chi connectivity index (χ1n) is 3.96. The van der Waals surface area contributed by atoms with Gasteiger partial charge in [-0.2, -0.15) is 5.10 Å². The summed E-state index contributed by atoms with van der Waals surface area (Å²) in [6.07, 6.45) is 4.55. The molecule has 0 aliphatic carbocycles. The number of carbonyl (C=O) groups is 1. The number of aromatic nitrogens is 3. The van der Waals surface area contributed by atoms with Gasteiger partial charge in [-0.05, 0) is 12.1 Å². The highest BCUT2D eigenvalue weighted by Crippen LogP contribution is 2.19. The molecule has 5 heteroatoms. The standard InChI is InChI=1S/C9H7N3O2/c13-9(14)7-5-11-12-8(7)6-2-1-3-10-4-6/h1-5H,(H,11,12)(H,13,14). The van der Waals surface area contributed by atoms with Crippen molar-refractivity contribution in [3.8, 4) is 11.3 Å². The SMILES string of the molecule is O=C(O)c1c[nH]nc1-c1cccnc1. The van der Waals surface area contributed by atoms with Crippen LogP contribution in [0.1, 0.15) is 10.4 Å². The van der Waals surface area contributed by atoms with Gasteiger partial charge < -0.3 is 5.11 Å². The Labute approximate surface area is 79.4 Å². The number of carboxylic acid groups (broad SMARTS) is 1. The van der Waals surface area contributed by atoms with E-state index in [1.807, 2.05) is 0 Å². The number of nitrogens with zero attached hydrogens (tertiary/aromatic N) is 2. The van der Waals surface area contributed by atoms with Crippen molar-refractivity contribution in [3.05, 3.63) is 36.3 Å². The summed E-state index contributed by atoms with van der Waals surface area (Å²) in [6, 6.07) is 3.49. The molecular formula is C9H7N3O2. The number of nitrogens with one attached hydrogen (secondary N) is 1. The van der Waals surface area contributed by atoms with Crippen LogP contribution in [-0.4, -0.2) is 26.3 Å². The quantitative estimate of drug-likeness (QED) is 0.743. The maximum atomic E-state index is 10.8. The van der Waals surface area contributed by atoms with E-state index >= 15 is 0 Å². The van der Waals surface area contributed by atoms with Crippen molar-refractivity contribution in [1.82, 2.24) is 15.2 Å². The van der Waals surface area contributed by atoms with Crippen LogP contribution >= 0.6 is 0 Å². The zero-order valence-electron chi connectivity index (χ0n) is 7.14. The molecule has 70 valence electrons. The van der Waals surface area contributed by atoms with Gasteiger partial charge in [0.2, 0.25) is 0 Å². The third-order valence-corrected chi connectivity index (χ3v) is 1.81. The number of carboxylic acids is 1. The van der Waals surface area contributed by atoms with Crippen LogP contribution in [0.2, 0.25) is 0 Å². The fourth-order valence-electron chi connectivity index (χ4n) is 1.18. The summed E-state index contributed by atoms with van der Waals surface area (Å²) in [7, 11) is 0. The molecule has 0 saturated heterocycles. The molecule has 14 heavy (non-hydrogen) atoms. The number of aromatic amines is 1. The Kier molecular flexibility index (Phi) is 1.98. The Morgan fingerprint density at radius 3 is 3.00 bits per heavy atom. The minimum atomic E-state index is -1.00. The lowest BCUT2D eigenvalue weighted by Crippen LogP contribution is -1.96. The Balaban J connectivity index is 2.52. The number of pyridine rings is 1. The molecule has 0 radical (unpaired) electrons. The van der Waals surface area contributed by atoms with Crippen LogP contribution in [0.4, 0.5) is 0 Å². The van der Waals surface area contributed by atoms with E-state index in [4.69, 9.17) is 5.11 Å². The zero-order chi connectivity index (χ0) is 9.97. The summed E-state index contributed by atoms with van der Waals surface area (Å²) in [4.78, 5) is 14.7. The van der Waals surface area contributed by atoms with Crippen molar-refractivity contribution in [1.29, 1.82) is 0 Å². The Bertz CT molecular complexity index is 450. The van der Waals surface area contributed by atoms with Gasteiger partial charge in [-0.25, -0.2) is 4.79 Å². The molecular weight excluding hydrogens is 182 g/mol. The molecule has 2 aromatic rings. The topological polar surface area (TPSA) is 78.9 Å². The molecule has 0 spiro atoms. The van der Waals surface area contributed by atoms with Crippen molar-refractivity contribution in [2.75, 3.05) is 0 Å². The van der Waals surface area contributed by atoms with Crippen LogP contribution in [0.15, 0.2) is 30.7 Å². The van der Waals surface area contributed by atoms with Crippen LogP contribution in [0.3, 0.4) is 0 Å². The largest absolute Gasteiger partial charge is 0.478 e. The fraction of sp³-hybridized carbons (Fsp3) is 0. The van der Waals surface area contributed by atoms with Gasteiger partial charge in [-0.3, -0.25) is 10.1 Å². The highest BCUT2D eigenvalue weighted by Gasteiger charge is 2.13. The second kappa shape index (κ2) is 3.29. The van der Waals surface area contributed by atoms with Gasteiger partial charge in [-0.1, -0.05) is 0 Å². The van der Waals surface area contributed by atoms with Gasteiger partial charge in [-0.15, -0.1) is 0 Å². The Morgan fingerprint density at radius 2 is 2.36 bits per heavy atom. The van der Waals surface area contributed by atoms with Crippen LogP contribution in [0, 0.1) is 0 Å². The molecule has 0 aliphatic rings. The molecule has 2 rings (SSSR count). The Hall–Kier alpha value is -2.17. The third kappa shape index (κ3) is 1.35. The maximum absolute atomic E-state index is 10.8. The number of aromatic carboxylic acids is 1. The van der Waals surface area contributed by atoms with Gasteiger partial charge in [0.15, 0.2) is 0 Å². The van der Waals surface area contributed by atoms with Crippen LogP contribution in [0.5, 0.6) is 0 Å². The van der Waals surface area contributed by atoms with Crippen molar-refractivity contribution in [3.63, 3.8) is 0 Å². The monoisotopic (exact) mass is 189 g/mol. The van der Waals surface area contributed by atoms with E-state index in [0.717, 1.165) is 0 Å². The van der Waals surface area contributed by atoms with Crippen molar-refractivity contribution in [2.24, 2.45) is 0 Å². The van der Waals surface area contributed by atoms with Gasteiger partial charge in [0.25, 0.3) is 0 Å². The van der Waals surface area contributed by atoms with Gasteiger partial charge in [0.1, 0.15) is 11.3 Å². The Morgan fingerprint density at radius 1 is 1.50 bits per heavy atom. The van der Waals surface area contributed by atoms with E-state index in [1.54, 1.807) is 24.5 Å². The summed E-state index contributed by atoms with van der Waals surface area (Å²) in [5.74, 6) is -1.00. The van der Waals surface area contributed by atoms with Crippen LogP contribution < -0.4 is 0 Å². The van der Waals surface area contributed by atoms with Crippen molar-refractivity contribution in [2.45, 2.75) is 0 Å². The molecule has 0 aliphatic heterocycles. The summed E-state index contributed by atoms with van der Waals surface area (Å²) < 4.78 is 0. The first-order chi connectivity index (χ1) is 6.79. The van der Waals surface area contributed by atoms with Gasteiger partial charge >= 0.3 is 5.97 Å². The van der Waals surface area contributed by atoms with E-state index < -0.39 is 5.97 Å². The summed E-state index contributed by atoms with van der Waals surface area (Å²) >= 11 is 0. The number of rotatable bonds is 2. The fourth-order valence-corrected chi connectivity index (χ4v) is 1.18. The van der Waals surface area contributed by atoms with E-state index in [-0.39, 0.29) is 5.56 Å². The second-order valence-electron chi connectivity index (χ2n) is 2.69. The van der Waals surface area contributed by atoms with Crippen LogP contribution in [0.25, 0.3) is 11.3 Å².